The number of nitrogens with zero attached hydrogens (tertiary/aromatic N) is 4. The molecular formula is C26H28N6OS. The number of hydrogen-bond donors (Lipinski definition) is 2. The summed E-state index contributed by atoms with van der Waals surface area (Å²) in [5.41, 5.74) is 7.58. The minimum atomic E-state index is -0.110. The highest BCUT2D eigenvalue weighted by molar-refractivity contribution is 7.19. The molecule has 0 saturated carbocycles. The molecule has 1 aliphatic rings. The Morgan fingerprint density at radius 3 is 2.74 bits per heavy atom. The molecule has 4 aromatic rings. The lowest BCUT2D eigenvalue weighted by Gasteiger charge is -2.11. The molecule has 0 spiro atoms. The van der Waals surface area contributed by atoms with Crippen molar-refractivity contribution in [2.75, 3.05) is 17.2 Å². The van der Waals surface area contributed by atoms with Crippen molar-refractivity contribution in [3.63, 3.8) is 0 Å². The van der Waals surface area contributed by atoms with E-state index < -0.39 is 0 Å². The van der Waals surface area contributed by atoms with Crippen molar-refractivity contribution in [2.24, 2.45) is 0 Å². The van der Waals surface area contributed by atoms with Crippen molar-refractivity contribution < 1.29 is 4.79 Å². The van der Waals surface area contributed by atoms with Gasteiger partial charge in [0.1, 0.15) is 5.82 Å². The zero-order chi connectivity index (χ0) is 23.7. The first-order valence-electron chi connectivity index (χ1n) is 11.8. The van der Waals surface area contributed by atoms with Gasteiger partial charge in [-0.3, -0.25) is 4.79 Å². The molecular weight excluding hydrogens is 444 g/mol. The number of fused-ring (bicyclic) bond motifs is 3. The van der Waals surface area contributed by atoms with Gasteiger partial charge in [0.2, 0.25) is 5.91 Å². The molecule has 3 heterocycles. The second kappa shape index (κ2) is 9.38. The molecule has 0 saturated heterocycles. The standard InChI is InChI=1S/C26H28N6OS/c1-4-17-9-6-7-12-21(17)32-24-19(23(31-32)18-13-14-22(27-5-2)28-15-18)10-8-11-20-25(24)34-26(30-20)29-16(3)33/h6-7,9,12-15H,4-5,8,10-11H2,1-3H3,(H,27,28)(H,29,30,33). The number of carbonyl (C=O) groups is 1. The van der Waals surface area contributed by atoms with Crippen molar-refractivity contribution >= 4 is 28.2 Å². The summed E-state index contributed by atoms with van der Waals surface area (Å²) in [4.78, 5) is 22.1. The highest BCUT2D eigenvalue weighted by Crippen LogP contribution is 2.43. The average Bonchev–Trinajstić information content (AvgIpc) is 3.35. The maximum absolute atomic E-state index is 11.7. The van der Waals surface area contributed by atoms with E-state index in [1.165, 1.54) is 29.4 Å². The number of amides is 1. The molecule has 0 bridgehead atoms. The Kier molecular flexibility index (Phi) is 6.15. The summed E-state index contributed by atoms with van der Waals surface area (Å²) in [6.07, 6.45) is 5.56. The molecule has 2 N–H and O–H groups in total. The number of thiazole rings is 1. The molecule has 174 valence electrons. The van der Waals surface area contributed by atoms with Crippen LogP contribution in [0.3, 0.4) is 0 Å². The van der Waals surface area contributed by atoms with E-state index in [0.29, 0.717) is 5.13 Å². The maximum Gasteiger partial charge on any atom is 0.223 e. The van der Waals surface area contributed by atoms with Gasteiger partial charge in [-0.05, 0) is 56.4 Å². The third-order valence-corrected chi connectivity index (χ3v) is 7.03. The first-order chi connectivity index (χ1) is 16.6. The predicted molar refractivity (Wildman–Crippen MR) is 138 cm³/mol. The Hall–Kier alpha value is -3.52. The fourth-order valence-electron chi connectivity index (χ4n) is 4.51. The molecule has 5 rings (SSSR count). The summed E-state index contributed by atoms with van der Waals surface area (Å²) in [6.45, 7) is 6.57. The summed E-state index contributed by atoms with van der Waals surface area (Å²) < 4.78 is 2.08. The number of rotatable bonds is 6. The van der Waals surface area contributed by atoms with Crippen LogP contribution >= 0.6 is 11.3 Å². The van der Waals surface area contributed by atoms with E-state index in [2.05, 4.69) is 64.5 Å². The summed E-state index contributed by atoms with van der Waals surface area (Å²) in [6, 6.07) is 12.5. The van der Waals surface area contributed by atoms with Gasteiger partial charge in [-0.2, -0.15) is 5.10 Å². The van der Waals surface area contributed by atoms with E-state index in [9.17, 15) is 4.79 Å². The predicted octanol–water partition coefficient (Wildman–Crippen LogP) is 5.50. The average molecular weight is 473 g/mol. The minimum Gasteiger partial charge on any atom is -0.370 e. The van der Waals surface area contributed by atoms with E-state index in [1.54, 1.807) is 0 Å². The molecule has 0 radical (unpaired) electrons. The van der Waals surface area contributed by atoms with Gasteiger partial charge in [0.15, 0.2) is 5.13 Å². The Morgan fingerprint density at radius 1 is 1.15 bits per heavy atom. The molecule has 34 heavy (non-hydrogen) atoms. The van der Waals surface area contributed by atoms with E-state index in [-0.39, 0.29) is 5.91 Å². The van der Waals surface area contributed by atoms with Crippen LogP contribution in [-0.4, -0.2) is 32.2 Å². The van der Waals surface area contributed by atoms with Crippen LogP contribution in [0.15, 0.2) is 42.6 Å². The monoisotopic (exact) mass is 472 g/mol. The second-order valence-corrected chi connectivity index (χ2v) is 9.36. The third-order valence-electron chi connectivity index (χ3n) is 6.01. The van der Waals surface area contributed by atoms with Crippen LogP contribution in [0.1, 0.15) is 44.0 Å². The molecule has 1 aromatic carbocycles. The summed E-state index contributed by atoms with van der Waals surface area (Å²) in [7, 11) is 0. The number of aromatic nitrogens is 4. The molecule has 0 fully saturated rings. The zero-order valence-corrected chi connectivity index (χ0v) is 20.5. The number of hydrogen-bond acceptors (Lipinski definition) is 6. The zero-order valence-electron chi connectivity index (χ0n) is 19.7. The van der Waals surface area contributed by atoms with Crippen molar-refractivity contribution in [3.8, 4) is 27.5 Å². The number of nitrogens with one attached hydrogen (secondary N) is 2. The molecule has 0 unspecified atom stereocenters. The number of pyridine rings is 1. The molecule has 1 aliphatic carbocycles. The Bertz CT molecular complexity index is 1340. The molecule has 0 aliphatic heterocycles. The quantitative estimate of drug-likeness (QED) is 0.387. The van der Waals surface area contributed by atoms with Crippen molar-refractivity contribution in [2.45, 2.75) is 46.5 Å². The summed E-state index contributed by atoms with van der Waals surface area (Å²) >= 11 is 1.53. The van der Waals surface area contributed by atoms with Gasteiger partial charge in [0, 0.05) is 30.8 Å². The largest absolute Gasteiger partial charge is 0.370 e. The lowest BCUT2D eigenvalue weighted by molar-refractivity contribution is -0.114. The van der Waals surface area contributed by atoms with E-state index in [0.717, 1.165) is 71.3 Å². The summed E-state index contributed by atoms with van der Waals surface area (Å²) in [5, 5.41) is 11.9. The minimum absolute atomic E-state index is 0.110. The number of benzene rings is 1. The first kappa shape index (κ1) is 22.3. The smallest absolute Gasteiger partial charge is 0.223 e. The first-order valence-corrected chi connectivity index (χ1v) is 12.6. The summed E-state index contributed by atoms with van der Waals surface area (Å²) in [5.74, 6) is 0.749. The fraction of sp³-hybridized carbons (Fsp3) is 0.308. The molecule has 8 heteroatoms. The van der Waals surface area contributed by atoms with Crippen molar-refractivity contribution in [3.05, 3.63) is 59.4 Å². The van der Waals surface area contributed by atoms with Crippen LogP contribution in [-0.2, 0) is 24.1 Å². The Balaban J connectivity index is 1.74. The number of aryl methyl sites for hydroxylation is 2. The van der Waals surface area contributed by atoms with Gasteiger partial charge in [-0.25, -0.2) is 14.6 Å². The lowest BCUT2D eigenvalue weighted by atomic mass is 10.0. The van der Waals surface area contributed by atoms with E-state index >= 15 is 0 Å². The Morgan fingerprint density at radius 2 is 2.00 bits per heavy atom. The molecule has 7 nitrogen and oxygen atoms in total. The molecule has 3 aromatic heterocycles. The number of anilines is 2. The molecule has 1 amide bonds. The van der Waals surface area contributed by atoms with Crippen LogP contribution < -0.4 is 10.6 Å². The van der Waals surface area contributed by atoms with Gasteiger partial charge < -0.3 is 10.6 Å². The second-order valence-electron chi connectivity index (χ2n) is 8.36. The van der Waals surface area contributed by atoms with Crippen molar-refractivity contribution in [1.82, 2.24) is 19.7 Å². The van der Waals surface area contributed by atoms with Gasteiger partial charge in [0.05, 0.1) is 27.6 Å². The topological polar surface area (TPSA) is 84.7 Å². The normalized spacial score (nSPS) is 12.6. The Labute approximate surface area is 203 Å². The maximum atomic E-state index is 11.7. The lowest BCUT2D eigenvalue weighted by Crippen LogP contribution is -2.05. The van der Waals surface area contributed by atoms with Gasteiger partial charge in [-0.15, -0.1) is 0 Å². The van der Waals surface area contributed by atoms with Crippen LogP contribution in [0, 0.1) is 0 Å². The van der Waals surface area contributed by atoms with Gasteiger partial charge >= 0.3 is 0 Å². The SMILES string of the molecule is CCNc1ccc(-c2nn(-c3ccccc3CC)c3c2CCCc2nc(NC(C)=O)sc2-3)cn1. The van der Waals surface area contributed by atoms with Crippen LogP contribution in [0.25, 0.3) is 27.5 Å². The third kappa shape index (κ3) is 4.09. The van der Waals surface area contributed by atoms with E-state index in [1.807, 2.05) is 12.3 Å². The van der Waals surface area contributed by atoms with Gasteiger partial charge in [-0.1, -0.05) is 36.5 Å². The van der Waals surface area contributed by atoms with Crippen LogP contribution in [0.2, 0.25) is 0 Å². The highest BCUT2D eigenvalue weighted by Gasteiger charge is 2.29. The number of para-hydroxylation sites is 1. The highest BCUT2D eigenvalue weighted by atomic mass is 32.1. The van der Waals surface area contributed by atoms with Crippen LogP contribution in [0.5, 0.6) is 0 Å². The number of carbonyl (C=O) groups excluding carboxylic acids is 1. The van der Waals surface area contributed by atoms with Gasteiger partial charge in [0.25, 0.3) is 0 Å². The van der Waals surface area contributed by atoms with Crippen molar-refractivity contribution in [1.29, 1.82) is 0 Å². The fourth-order valence-corrected chi connectivity index (χ4v) is 5.62. The van der Waals surface area contributed by atoms with Crippen LogP contribution in [0.4, 0.5) is 10.9 Å². The van der Waals surface area contributed by atoms with E-state index in [4.69, 9.17) is 10.1 Å². The molecule has 0 atom stereocenters.